The molecule has 0 aliphatic heterocycles. The number of methoxy groups -OCH3 is 1. The molecule has 0 aromatic carbocycles. The fourth-order valence-corrected chi connectivity index (χ4v) is 1.56. The van der Waals surface area contributed by atoms with Crippen molar-refractivity contribution in [3.8, 4) is 0 Å². The van der Waals surface area contributed by atoms with Gasteiger partial charge in [0.15, 0.2) is 0 Å². The van der Waals surface area contributed by atoms with E-state index in [1.165, 1.54) is 25.4 Å². The molecule has 1 atom stereocenters. The van der Waals surface area contributed by atoms with E-state index in [1.54, 1.807) is 0 Å². The molecule has 1 aromatic heterocycles. The maximum atomic E-state index is 11.6. The van der Waals surface area contributed by atoms with E-state index < -0.39 is 23.9 Å². The number of nitrogens with one attached hydrogen (secondary N) is 3. The van der Waals surface area contributed by atoms with Gasteiger partial charge in [-0.15, -0.1) is 0 Å². The van der Waals surface area contributed by atoms with Crippen LogP contribution in [0.3, 0.4) is 0 Å². The largest absolute Gasteiger partial charge is 0.465 e. The first-order valence-corrected chi connectivity index (χ1v) is 6.49. The Balaban J connectivity index is 2.47. The number of ether oxygens (including phenoxy) is 1. The molecular formula is C12H15ClN4O5. The van der Waals surface area contributed by atoms with Crippen LogP contribution in [-0.4, -0.2) is 54.3 Å². The van der Waals surface area contributed by atoms with E-state index in [2.05, 4.69) is 20.9 Å². The number of halogens is 1. The van der Waals surface area contributed by atoms with E-state index in [0.717, 1.165) is 0 Å². The van der Waals surface area contributed by atoms with Crippen molar-refractivity contribution in [1.82, 2.24) is 15.6 Å². The summed E-state index contributed by atoms with van der Waals surface area (Å²) in [5.41, 5.74) is 0. The van der Waals surface area contributed by atoms with E-state index in [1.807, 2.05) is 0 Å². The summed E-state index contributed by atoms with van der Waals surface area (Å²) in [5.74, 6) is -1.69. The lowest BCUT2D eigenvalue weighted by Gasteiger charge is -2.16. The number of aromatic nitrogens is 1. The molecule has 9 nitrogen and oxygen atoms in total. The van der Waals surface area contributed by atoms with Crippen LogP contribution in [0.1, 0.15) is 0 Å². The van der Waals surface area contributed by atoms with Crippen LogP contribution < -0.4 is 16.0 Å². The highest BCUT2D eigenvalue weighted by Gasteiger charge is 2.17. The van der Waals surface area contributed by atoms with Gasteiger partial charge < -0.3 is 25.8 Å². The van der Waals surface area contributed by atoms with Gasteiger partial charge in [0, 0.05) is 19.9 Å². The number of hydrogen-bond donors (Lipinski definition) is 4. The van der Waals surface area contributed by atoms with Crippen LogP contribution in [-0.2, 0) is 14.3 Å². The van der Waals surface area contributed by atoms with Crippen LogP contribution >= 0.6 is 11.6 Å². The number of amides is 3. The fourth-order valence-electron chi connectivity index (χ4n) is 1.45. The summed E-state index contributed by atoms with van der Waals surface area (Å²) >= 11 is 5.65. The second-order valence-corrected chi connectivity index (χ2v) is 4.56. The van der Waals surface area contributed by atoms with E-state index in [-0.39, 0.29) is 19.0 Å². The Morgan fingerprint density at radius 2 is 2.09 bits per heavy atom. The predicted octanol–water partition coefficient (Wildman–Crippen LogP) is 0.0723. The van der Waals surface area contributed by atoms with Gasteiger partial charge in [-0.1, -0.05) is 11.6 Å². The Hall–Kier alpha value is -2.39. The Morgan fingerprint density at radius 1 is 1.36 bits per heavy atom. The van der Waals surface area contributed by atoms with Gasteiger partial charge in [-0.2, -0.15) is 0 Å². The molecule has 1 unspecified atom stereocenters. The minimum absolute atomic E-state index is 0.0486. The number of hydrogen-bond acceptors (Lipinski definition) is 5. The molecule has 10 heteroatoms. The summed E-state index contributed by atoms with van der Waals surface area (Å²) in [7, 11) is 1.39. The molecular weight excluding hydrogens is 316 g/mol. The summed E-state index contributed by atoms with van der Waals surface area (Å²) in [4.78, 5) is 37.6. The third-order valence-electron chi connectivity index (χ3n) is 2.38. The molecule has 0 aliphatic rings. The van der Waals surface area contributed by atoms with Gasteiger partial charge >= 0.3 is 17.9 Å². The lowest BCUT2D eigenvalue weighted by molar-refractivity contribution is -0.136. The maximum absolute atomic E-state index is 11.6. The van der Waals surface area contributed by atoms with Gasteiger partial charge in [-0.25, -0.2) is 9.78 Å². The summed E-state index contributed by atoms with van der Waals surface area (Å²) in [6.07, 6.45) is 0.0617. The minimum atomic E-state index is -1.26. The summed E-state index contributed by atoms with van der Waals surface area (Å²) in [5, 5.41) is 15.7. The minimum Gasteiger partial charge on any atom is -0.465 e. The number of rotatable bonds is 6. The molecule has 4 N–H and O–H groups in total. The normalized spacial score (nSPS) is 11.4. The van der Waals surface area contributed by atoms with E-state index in [9.17, 15) is 14.4 Å². The van der Waals surface area contributed by atoms with E-state index in [4.69, 9.17) is 21.4 Å². The molecule has 22 heavy (non-hydrogen) atoms. The smallest absolute Gasteiger partial charge is 0.405 e. The monoisotopic (exact) mass is 330 g/mol. The molecule has 0 saturated carbocycles. The third kappa shape index (κ3) is 6.37. The van der Waals surface area contributed by atoms with Crippen LogP contribution in [0.15, 0.2) is 18.3 Å². The number of pyridine rings is 1. The molecule has 3 amide bonds. The lowest BCUT2D eigenvalue weighted by atomic mass is 10.3. The SMILES string of the molecule is COCC(CNC(=O)C(=O)Nc1ccc(Cl)cn1)NC(=O)O. The predicted molar refractivity (Wildman–Crippen MR) is 77.7 cm³/mol. The van der Waals surface area contributed by atoms with Crippen LogP contribution in [0.4, 0.5) is 10.6 Å². The first kappa shape index (κ1) is 17.7. The van der Waals surface area contributed by atoms with Crippen molar-refractivity contribution < 1.29 is 24.2 Å². The zero-order valence-electron chi connectivity index (χ0n) is 11.6. The maximum Gasteiger partial charge on any atom is 0.405 e. The van der Waals surface area contributed by atoms with Crippen molar-refractivity contribution in [2.75, 3.05) is 25.6 Å². The standard InChI is InChI=1S/C12H15ClN4O5/c1-22-6-8(16-12(20)21)5-15-10(18)11(19)17-9-3-2-7(13)4-14-9/h2-4,8,16H,5-6H2,1H3,(H,15,18)(H,20,21)(H,14,17,19). The van der Waals surface area contributed by atoms with Crippen LogP contribution in [0, 0.1) is 0 Å². The highest BCUT2D eigenvalue weighted by atomic mass is 35.5. The molecule has 1 aromatic rings. The zero-order valence-corrected chi connectivity index (χ0v) is 12.4. The van der Waals surface area contributed by atoms with Crippen molar-refractivity contribution in [2.45, 2.75) is 6.04 Å². The van der Waals surface area contributed by atoms with Crippen molar-refractivity contribution in [3.63, 3.8) is 0 Å². The summed E-state index contributed by atoms with van der Waals surface area (Å²) in [6.45, 7) is -0.0482. The fraction of sp³-hybridized carbons (Fsp3) is 0.333. The average Bonchev–Trinajstić information content (AvgIpc) is 2.46. The number of nitrogens with zero attached hydrogens (tertiary/aromatic N) is 1. The summed E-state index contributed by atoms with van der Waals surface area (Å²) in [6, 6.07) is 2.27. The molecule has 120 valence electrons. The molecule has 0 spiro atoms. The van der Waals surface area contributed by atoms with Crippen molar-refractivity contribution >= 4 is 35.3 Å². The topological polar surface area (TPSA) is 130 Å². The molecule has 0 saturated heterocycles. The number of carbonyl (C=O) groups excluding carboxylic acids is 2. The Kier molecular flexibility index (Phi) is 7.06. The highest BCUT2D eigenvalue weighted by molar-refractivity contribution is 6.39. The molecule has 0 bridgehead atoms. The first-order chi connectivity index (χ1) is 10.4. The van der Waals surface area contributed by atoms with Crippen LogP contribution in [0.2, 0.25) is 5.02 Å². The number of carbonyl (C=O) groups is 3. The van der Waals surface area contributed by atoms with E-state index in [0.29, 0.717) is 5.02 Å². The number of carboxylic acid groups (broad SMARTS) is 1. The molecule has 1 heterocycles. The average molecular weight is 331 g/mol. The Labute approximate surface area is 131 Å². The second-order valence-electron chi connectivity index (χ2n) is 4.13. The molecule has 0 radical (unpaired) electrons. The van der Waals surface area contributed by atoms with Gasteiger partial charge in [0.05, 0.1) is 17.7 Å². The first-order valence-electron chi connectivity index (χ1n) is 6.11. The van der Waals surface area contributed by atoms with Gasteiger partial charge in [-0.3, -0.25) is 9.59 Å². The van der Waals surface area contributed by atoms with Crippen molar-refractivity contribution in [3.05, 3.63) is 23.4 Å². The van der Waals surface area contributed by atoms with Gasteiger partial charge in [0.1, 0.15) is 5.82 Å². The molecule has 0 aliphatic carbocycles. The highest BCUT2D eigenvalue weighted by Crippen LogP contribution is 2.09. The van der Waals surface area contributed by atoms with Gasteiger partial charge in [0.2, 0.25) is 0 Å². The van der Waals surface area contributed by atoms with Gasteiger partial charge in [-0.05, 0) is 12.1 Å². The second kappa shape index (κ2) is 8.80. The number of anilines is 1. The molecule has 1 rings (SSSR count). The quantitative estimate of drug-likeness (QED) is 0.546. The van der Waals surface area contributed by atoms with Crippen molar-refractivity contribution in [1.29, 1.82) is 0 Å². The third-order valence-corrected chi connectivity index (χ3v) is 2.60. The Bertz CT molecular complexity index is 537. The van der Waals surface area contributed by atoms with Crippen molar-refractivity contribution in [2.24, 2.45) is 0 Å². The van der Waals surface area contributed by atoms with Gasteiger partial charge in [0.25, 0.3) is 0 Å². The van der Waals surface area contributed by atoms with E-state index >= 15 is 0 Å². The Morgan fingerprint density at radius 3 is 2.64 bits per heavy atom. The van der Waals surface area contributed by atoms with Crippen LogP contribution in [0.5, 0.6) is 0 Å². The summed E-state index contributed by atoms with van der Waals surface area (Å²) < 4.78 is 4.80. The molecule has 0 fully saturated rings. The van der Waals surface area contributed by atoms with Crippen LogP contribution in [0.25, 0.3) is 0 Å². The lowest BCUT2D eigenvalue weighted by Crippen LogP contribution is -2.47. The zero-order chi connectivity index (χ0) is 16.5.